The maximum Gasteiger partial charge on any atom is 0.188 e. The van der Waals surface area contributed by atoms with E-state index in [1.54, 1.807) is 0 Å². The fraction of sp³-hybridized carbons (Fsp3) is 0. The summed E-state index contributed by atoms with van der Waals surface area (Å²) in [5.41, 5.74) is 13.1. The largest absolute Gasteiger partial charge is 0.309 e. The first kappa shape index (κ1) is 30.9. The maximum atomic E-state index is 7.67. The average Bonchev–Trinajstić information content (AvgIpc) is 3.59. The van der Waals surface area contributed by atoms with Crippen molar-refractivity contribution in [1.82, 2.24) is 19.5 Å². The highest BCUT2D eigenvalue weighted by atomic mass is 15.0. The van der Waals surface area contributed by atoms with Crippen LogP contribution < -0.4 is 0 Å². The molecule has 0 fully saturated rings. The third kappa shape index (κ3) is 4.83. The highest BCUT2D eigenvalue weighted by molar-refractivity contribution is 6.32. The van der Waals surface area contributed by atoms with Crippen LogP contribution in [0.2, 0.25) is 0 Å². The molecular weight excluding hydrogens is 671 g/mol. The summed E-state index contributed by atoms with van der Waals surface area (Å²) in [6.07, 6.45) is 3.68. The topological polar surface area (TPSA) is 48.0 Å². The minimum Gasteiger partial charge on any atom is -0.309 e. The van der Waals surface area contributed by atoms with Gasteiger partial charge in [-0.05, 0) is 82.2 Å². The van der Waals surface area contributed by atoms with E-state index in [0.29, 0.717) is 5.69 Å². The third-order valence-corrected chi connectivity index (χ3v) is 10.9. The first-order valence-corrected chi connectivity index (χ1v) is 18.3. The molecule has 55 heavy (non-hydrogen) atoms. The number of fused-ring (bicyclic) bond motifs is 11. The fourth-order valence-corrected chi connectivity index (χ4v) is 8.35. The van der Waals surface area contributed by atoms with Crippen molar-refractivity contribution < 1.29 is 0 Å². The van der Waals surface area contributed by atoms with Gasteiger partial charge in [0.25, 0.3) is 0 Å². The molecule has 0 aliphatic rings. The van der Waals surface area contributed by atoms with Crippen LogP contribution in [-0.4, -0.2) is 19.5 Å². The molecule has 11 rings (SSSR count). The molecule has 0 radical (unpaired) electrons. The van der Waals surface area contributed by atoms with Crippen LogP contribution in [-0.2, 0) is 0 Å². The molecule has 0 amide bonds. The van der Waals surface area contributed by atoms with Gasteiger partial charge in [0.15, 0.2) is 5.69 Å². The minimum atomic E-state index is 0.637. The van der Waals surface area contributed by atoms with Crippen LogP contribution in [0.1, 0.15) is 0 Å². The Kier molecular flexibility index (Phi) is 6.85. The summed E-state index contributed by atoms with van der Waals surface area (Å²) < 4.78 is 2.28. The Hall–Kier alpha value is -7.68. The van der Waals surface area contributed by atoms with Gasteiger partial charge in [-0.15, -0.1) is 0 Å². The number of para-hydroxylation sites is 1. The molecular formula is C50H29N5. The van der Waals surface area contributed by atoms with E-state index in [1.807, 2.05) is 48.8 Å². The van der Waals surface area contributed by atoms with Crippen LogP contribution in [0.3, 0.4) is 0 Å². The van der Waals surface area contributed by atoms with Crippen LogP contribution in [0.25, 0.3) is 109 Å². The van der Waals surface area contributed by atoms with Crippen molar-refractivity contribution in [1.29, 1.82) is 0 Å². The smallest absolute Gasteiger partial charge is 0.188 e. The van der Waals surface area contributed by atoms with Crippen molar-refractivity contribution in [3.8, 4) is 39.2 Å². The van der Waals surface area contributed by atoms with E-state index < -0.39 is 0 Å². The Balaban J connectivity index is 1.06. The lowest BCUT2D eigenvalue weighted by Crippen LogP contribution is -1.95. The van der Waals surface area contributed by atoms with E-state index in [9.17, 15) is 0 Å². The Morgan fingerprint density at radius 2 is 1.02 bits per heavy atom. The summed E-state index contributed by atoms with van der Waals surface area (Å²) in [4.78, 5) is 18.8. The lowest BCUT2D eigenvalue weighted by atomic mass is 9.92. The SMILES string of the molecule is [C-]#[N+]c1ccc2c(c1)c1cc(-c3ccc(-c4ccc5c(c4)nc(-c4ccccc4)c4c6cccnc6c6ncccc6c54)cc3)ccc1n2-c1ccccc1. The molecule has 7 aromatic carbocycles. The Bertz CT molecular complexity index is 3360. The number of hydrogen-bond donors (Lipinski definition) is 0. The molecule has 0 saturated carbocycles. The second kappa shape index (κ2) is 12.2. The van der Waals surface area contributed by atoms with Gasteiger partial charge in [0.2, 0.25) is 0 Å². The number of aromatic nitrogens is 4. The Labute approximate surface area is 316 Å². The van der Waals surface area contributed by atoms with Crippen molar-refractivity contribution in [2.24, 2.45) is 0 Å². The fourth-order valence-electron chi connectivity index (χ4n) is 8.35. The van der Waals surface area contributed by atoms with Crippen LogP contribution >= 0.6 is 0 Å². The molecule has 0 N–H and O–H groups in total. The van der Waals surface area contributed by atoms with Crippen molar-refractivity contribution in [2.45, 2.75) is 0 Å². The van der Waals surface area contributed by atoms with Gasteiger partial charge in [-0.2, -0.15) is 0 Å². The first-order valence-electron chi connectivity index (χ1n) is 18.3. The second-order valence-electron chi connectivity index (χ2n) is 13.9. The summed E-state index contributed by atoms with van der Waals surface area (Å²) in [6, 6.07) is 57.2. The zero-order valence-electron chi connectivity index (χ0n) is 29.5. The molecule has 0 bridgehead atoms. The number of rotatable bonds is 4. The number of hydrogen-bond acceptors (Lipinski definition) is 3. The molecule has 0 spiro atoms. The lowest BCUT2D eigenvalue weighted by Gasteiger charge is -2.16. The summed E-state index contributed by atoms with van der Waals surface area (Å²) >= 11 is 0. The average molecular weight is 700 g/mol. The van der Waals surface area contributed by atoms with E-state index in [4.69, 9.17) is 21.5 Å². The van der Waals surface area contributed by atoms with E-state index in [1.165, 1.54) is 0 Å². The van der Waals surface area contributed by atoms with Gasteiger partial charge in [-0.3, -0.25) is 9.97 Å². The summed E-state index contributed by atoms with van der Waals surface area (Å²) in [6.45, 7) is 7.67. The third-order valence-electron chi connectivity index (χ3n) is 10.9. The maximum absolute atomic E-state index is 7.67. The molecule has 4 aromatic heterocycles. The standard InChI is InChI=1S/C50H29N5/c1-51-36-22-25-45-42(30-36)41-28-34(21-24-44(41)55(45)37-12-6-3-7-13-37)31-16-18-32(19-17-31)35-20-23-38-43(29-35)54-48(33-10-4-2-5-11-33)47-40-15-9-27-53-50(40)49-39(46(38)47)14-8-26-52-49/h2-30H. The van der Waals surface area contributed by atoms with Gasteiger partial charge < -0.3 is 4.57 Å². The molecule has 0 aliphatic heterocycles. The van der Waals surface area contributed by atoms with Crippen molar-refractivity contribution in [3.63, 3.8) is 0 Å². The highest BCUT2D eigenvalue weighted by Crippen LogP contribution is 2.43. The van der Waals surface area contributed by atoms with Crippen molar-refractivity contribution in [2.75, 3.05) is 0 Å². The monoisotopic (exact) mass is 699 g/mol. The molecule has 11 aromatic rings. The van der Waals surface area contributed by atoms with Crippen LogP contribution in [0, 0.1) is 6.57 Å². The number of nitrogens with zero attached hydrogens (tertiary/aromatic N) is 5. The van der Waals surface area contributed by atoms with E-state index in [2.05, 4.69) is 137 Å². The van der Waals surface area contributed by atoms with Crippen LogP contribution in [0.5, 0.6) is 0 Å². The summed E-state index contributed by atoms with van der Waals surface area (Å²) in [7, 11) is 0. The van der Waals surface area contributed by atoms with E-state index in [0.717, 1.165) is 104 Å². The minimum absolute atomic E-state index is 0.637. The molecule has 0 aliphatic carbocycles. The molecule has 0 saturated heterocycles. The van der Waals surface area contributed by atoms with Crippen molar-refractivity contribution in [3.05, 3.63) is 188 Å². The quantitative estimate of drug-likeness (QED) is 0.136. The first-order chi connectivity index (χ1) is 27.2. The van der Waals surface area contributed by atoms with Gasteiger partial charge in [0.05, 0.1) is 39.8 Å². The Morgan fingerprint density at radius 1 is 0.436 bits per heavy atom. The molecule has 4 heterocycles. The summed E-state index contributed by atoms with van der Waals surface area (Å²) in [5, 5.41) is 7.63. The van der Waals surface area contributed by atoms with Gasteiger partial charge in [0, 0.05) is 56.0 Å². The zero-order chi connectivity index (χ0) is 36.5. The normalized spacial score (nSPS) is 11.6. The number of pyridine rings is 3. The second-order valence-corrected chi connectivity index (χ2v) is 13.9. The molecule has 5 heteroatoms. The zero-order valence-corrected chi connectivity index (χ0v) is 29.5. The Morgan fingerprint density at radius 3 is 1.71 bits per heavy atom. The van der Waals surface area contributed by atoms with Crippen LogP contribution in [0.15, 0.2) is 176 Å². The predicted molar refractivity (Wildman–Crippen MR) is 227 cm³/mol. The van der Waals surface area contributed by atoms with Gasteiger partial charge in [0.1, 0.15) is 0 Å². The highest BCUT2D eigenvalue weighted by Gasteiger charge is 2.19. The molecule has 0 unspecified atom stereocenters. The molecule has 5 nitrogen and oxygen atoms in total. The molecule has 254 valence electrons. The van der Waals surface area contributed by atoms with Crippen LogP contribution in [0.4, 0.5) is 5.69 Å². The van der Waals surface area contributed by atoms with Gasteiger partial charge in [-0.25, -0.2) is 9.83 Å². The van der Waals surface area contributed by atoms with Gasteiger partial charge in [-0.1, -0.05) is 109 Å². The van der Waals surface area contributed by atoms with E-state index in [-0.39, 0.29) is 0 Å². The van der Waals surface area contributed by atoms with E-state index >= 15 is 0 Å². The van der Waals surface area contributed by atoms with Gasteiger partial charge >= 0.3 is 0 Å². The number of benzene rings is 7. The summed E-state index contributed by atoms with van der Waals surface area (Å²) in [5.74, 6) is 0. The predicted octanol–water partition coefficient (Wildman–Crippen LogP) is 13.1. The molecule has 0 atom stereocenters. The van der Waals surface area contributed by atoms with Crippen molar-refractivity contribution >= 4 is 71.0 Å². The lowest BCUT2D eigenvalue weighted by molar-refractivity contribution is 1.18.